The van der Waals surface area contributed by atoms with Gasteiger partial charge in [-0.15, -0.1) is 0 Å². The monoisotopic (exact) mass is 1020 g/mol. The highest BCUT2D eigenvalue weighted by Crippen LogP contribution is 2.46. The van der Waals surface area contributed by atoms with Crippen LogP contribution < -0.4 is 10.2 Å². The lowest BCUT2D eigenvalue weighted by Crippen LogP contribution is -2.47. The summed E-state index contributed by atoms with van der Waals surface area (Å²) in [5.41, 5.74) is 6.81. The molecule has 0 spiro atoms. The topological polar surface area (TPSA) is 184 Å². The van der Waals surface area contributed by atoms with E-state index in [-0.39, 0.29) is 17.4 Å². The zero-order chi connectivity index (χ0) is 51.0. The molecule has 8 heterocycles. The van der Waals surface area contributed by atoms with Crippen LogP contribution in [0.4, 0.5) is 10.2 Å². The van der Waals surface area contributed by atoms with Crippen molar-refractivity contribution in [2.24, 2.45) is 0 Å². The number of rotatable bonds is 11. The quantitative estimate of drug-likeness (QED) is 0.104. The summed E-state index contributed by atoms with van der Waals surface area (Å²) in [6, 6.07) is 12.8. The van der Waals surface area contributed by atoms with Crippen LogP contribution in [-0.2, 0) is 0 Å². The molecule has 6 aliphatic carbocycles. The number of hydrogen-bond donors (Lipinski definition) is 3. The van der Waals surface area contributed by atoms with E-state index in [0.29, 0.717) is 29.1 Å². The second-order valence-corrected chi connectivity index (χ2v) is 22.7. The molecule has 17 heteroatoms. The van der Waals surface area contributed by atoms with Crippen molar-refractivity contribution in [2.45, 2.75) is 164 Å². The predicted octanol–water partition coefficient (Wildman–Crippen LogP) is 10.4. The Hall–Kier alpha value is -5.91. The Balaban J connectivity index is 0.000000132. The van der Waals surface area contributed by atoms with E-state index in [4.69, 9.17) is 15.2 Å². The van der Waals surface area contributed by atoms with Gasteiger partial charge in [0.05, 0.1) is 34.2 Å². The van der Waals surface area contributed by atoms with Crippen molar-refractivity contribution in [2.75, 3.05) is 57.3 Å². The lowest BCUT2D eigenvalue weighted by Gasteiger charge is -2.35. The summed E-state index contributed by atoms with van der Waals surface area (Å²) in [6.45, 7) is 9.19. The van der Waals surface area contributed by atoms with Gasteiger partial charge in [0.1, 0.15) is 5.82 Å². The molecule has 14 rings (SSSR count). The Kier molecular flexibility index (Phi) is 14.6. The van der Waals surface area contributed by atoms with Crippen LogP contribution in [0.25, 0.3) is 44.3 Å². The molecule has 8 aliphatic rings. The van der Waals surface area contributed by atoms with Crippen molar-refractivity contribution >= 4 is 39.8 Å². The van der Waals surface area contributed by atoms with Crippen molar-refractivity contribution in [1.29, 1.82) is 0 Å². The average Bonchev–Trinajstić information content (AvgIpc) is 4.38. The van der Waals surface area contributed by atoms with Crippen molar-refractivity contribution < 1.29 is 24.2 Å². The smallest absolute Gasteiger partial charge is 0.354 e. The minimum absolute atomic E-state index is 0.0195. The first kappa shape index (κ1) is 49.9. The van der Waals surface area contributed by atoms with Crippen LogP contribution >= 0.6 is 0 Å². The molecule has 0 amide bonds. The number of pyridine rings is 4. The van der Waals surface area contributed by atoms with E-state index < -0.39 is 17.9 Å². The molecule has 6 aromatic rings. The third-order valence-corrected chi connectivity index (χ3v) is 17.7. The number of anilines is 1. The number of halogens is 1. The molecule has 2 aliphatic heterocycles. The van der Waals surface area contributed by atoms with Crippen LogP contribution in [0.5, 0.6) is 0 Å². The summed E-state index contributed by atoms with van der Waals surface area (Å²) in [6.07, 6.45) is 27.3. The Morgan fingerprint density at radius 2 is 0.987 bits per heavy atom. The van der Waals surface area contributed by atoms with E-state index in [0.717, 1.165) is 153 Å². The van der Waals surface area contributed by atoms with E-state index in [1.54, 1.807) is 18.2 Å². The molecule has 75 heavy (non-hydrogen) atoms. The van der Waals surface area contributed by atoms with Crippen molar-refractivity contribution in [1.82, 2.24) is 54.6 Å². The summed E-state index contributed by atoms with van der Waals surface area (Å²) in [5.74, 6) is -0.840. The molecular formula is C58H73FN12O4. The summed E-state index contributed by atoms with van der Waals surface area (Å²) in [7, 11) is 0. The second kappa shape index (κ2) is 22.0. The zero-order valence-corrected chi connectivity index (χ0v) is 43.4. The molecular weight excluding hydrogens is 948 g/mol. The third kappa shape index (κ3) is 10.8. The molecule has 16 nitrogen and oxygen atoms in total. The molecule has 0 unspecified atom stereocenters. The van der Waals surface area contributed by atoms with Gasteiger partial charge in [0, 0.05) is 99.8 Å². The lowest BCUT2D eigenvalue weighted by atomic mass is 9.81. The fraction of sp³-hybridized carbons (Fsp3) is 0.586. The minimum Gasteiger partial charge on any atom is -0.477 e. The fourth-order valence-electron chi connectivity index (χ4n) is 12.6. The Bertz CT molecular complexity index is 2970. The normalized spacial score (nSPS) is 21.5. The zero-order valence-electron chi connectivity index (χ0n) is 43.4. The van der Waals surface area contributed by atoms with Crippen LogP contribution in [0, 0.1) is 5.95 Å². The Labute approximate surface area is 438 Å². The molecule has 2 saturated heterocycles. The van der Waals surface area contributed by atoms with Gasteiger partial charge in [-0.05, 0) is 125 Å². The number of nitrogens with zero attached hydrogens (tertiary/aromatic N) is 11. The van der Waals surface area contributed by atoms with Crippen LogP contribution in [-0.4, -0.2) is 136 Å². The van der Waals surface area contributed by atoms with Gasteiger partial charge in [0.25, 0.3) is 0 Å². The second-order valence-electron chi connectivity index (χ2n) is 22.7. The van der Waals surface area contributed by atoms with Gasteiger partial charge in [-0.3, -0.25) is 9.80 Å². The predicted molar refractivity (Wildman–Crippen MR) is 287 cm³/mol. The summed E-state index contributed by atoms with van der Waals surface area (Å²) >= 11 is 0. The van der Waals surface area contributed by atoms with Crippen molar-refractivity contribution in [3.05, 3.63) is 77.5 Å². The van der Waals surface area contributed by atoms with Gasteiger partial charge in [0.15, 0.2) is 22.7 Å². The van der Waals surface area contributed by atoms with Crippen molar-refractivity contribution in [3.8, 4) is 22.3 Å². The molecule has 396 valence electrons. The largest absolute Gasteiger partial charge is 0.477 e. The van der Waals surface area contributed by atoms with Gasteiger partial charge in [-0.2, -0.15) is 14.6 Å². The molecule has 0 atom stereocenters. The van der Waals surface area contributed by atoms with Crippen LogP contribution in [0.1, 0.15) is 185 Å². The molecule has 6 saturated carbocycles. The highest BCUT2D eigenvalue weighted by molar-refractivity contribution is 6.01. The first-order valence-corrected chi connectivity index (χ1v) is 28.6. The van der Waals surface area contributed by atoms with Gasteiger partial charge in [-0.25, -0.2) is 38.9 Å². The van der Waals surface area contributed by atoms with E-state index in [1.165, 1.54) is 103 Å². The van der Waals surface area contributed by atoms with Gasteiger partial charge in [-0.1, -0.05) is 51.4 Å². The number of nitrogens with one attached hydrogen (secondary N) is 1. The Morgan fingerprint density at radius 3 is 1.39 bits per heavy atom. The van der Waals surface area contributed by atoms with E-state index in [1.807, 2.05) is 10.9 Å². The SMILES string of the molecule is C1CN(C2CC2)CCN1.O=C(O)c1cc(-c2ccc(F)nc2)c2c(C3CCC3)nn(C3CCCCC3)c2n1.O=C(O)c1cc(-c2ccc(N3CCN(C4CC4)CC3)nc2)c2c(C3CCC3)nn(C3CCCCC3)c2n1. The number of piperazine rings is 2. The first-order chi connectivity index (χ1) is 36.7. The summed E-state index contributed by atoms with van der Waals surface area (Å²) in [5, 5.41) is 35.1. The summed E-state index contributed by atoms with van der Waals surface area (Å²) in [4.78, 5) is 49.4. The number of aromatic carboxylic acids is 2. The number of carbonyl (C=O) groups is 2. The highest BCUT2D eigenvalue weighted by Gasteiger charge is 2.35. The molecule has 0 bridgehead atoms. The molecule has 8 fully saturated rings. The molecule has 6 aromatic heterocycles. The summed E-state index contributed by atoms with van der Waals surface area (Å²) < 4.78 is 17.5. The Morgan fingerprint density at radius 1 is 0.520 bits per heavy atom. The maximum Gasteiger partial charge on any atom is 0.354 e. The van der Waals surface area contributed by atoms with Crippen LogP contribution in [0.2, 0.25) is 0 Å². The minimum atomic E-state index is -1.08. The van der Waals surface area contributed by atoms with Crippen LogP contribution in [0.15, 0.2) is 48.8 Å². The van der Waals surface area contributed by atoms with E-state index >= 15 is 0 Å². The lowest BCUT2D eigenvalue weighted by molar-refractivity contribution is 0.0680. The molecule has 0 aromatic carbocycles. The number of aromatic nitrogens is 8. The number of fused-ring (bicyclic) bond motifs is 2. The maximum absolute atomic E-state index is 13.4. The maximum atomic E-state index is 13.4. The highest BCUT2D eigenvalue weighted by atomic mass is 19.1. The molecule has 3 N–H and O–H groups in total. The average molecular weight is 1020 g/mol. The van der Waals surface area contributed by atoms with Gasteiger partial charge in [0.2, 0.25) is 5.95 Å². The number of hydrogen-bond acceptors (Lipinski definition) is 12. The first-order valence-electron chi connectivity index (χ1n) is 28.6. The molecule has 0 radical (unpaired) electrons. The standard InChI is InChI=1S/C29H36N6O2.C22H23FN4O2.C7H14N2/c36-29(37)24-17-23(20-9-12-25(30-18-20)34-15-13-33(14-16-34)21-10-11-21)26-27(19-5-4-6-19)32-35(28(26)31-24)22-7-2-1-3-8-22;23-18-10-9-14(12-24-18)16-11-17(22(28)29)25-21-19(16)20(13-5-4-6-13)26-27(21)15-7-2-1-3-8-15;1-2-7(1)9-5-3-8-4-6-9/h9,12,17-19,21-22H,1-8,10-11,13-16H2,(H,36,37);9-13,15H,1-8H2,(H,28,29);7-8H,1-6H2. The van der Waals surface area contributed by atoms with E-state index in [9.17, 15) is 24.2 Å². The number of carboxylic acid groups (broad SMARTS) is 2. The van der Waals surface area contributed by atoms with E-state index in [2.05, 4.69) is 51.8 Å². The van der Waals surface area contributed by atoms with Crippen LogP contribution in [0.3, 0.4) is 0 Å². The fourth-order valence-corrected chi connectivity index (χ4v) is 12.6. The number of carboxylic acids is 2. The van der Waals surface area contributed by atoms with Gasteiger partial charge < -0.3 is 20.4 Å². The third-order valence-electron chi connectivity index (χ3n) is 17.7. The van der Waals surface area contributed by atoms with Crippen molar-refractivity contribution in [3.63, 3.8) is 0 Å². The van der Waals surface area contributed by atoms with Gasteiger partial charge >= 0.3 is 11.9 Å².